The van der Waals surface area contributed by atoms with Gasteiger partial charge in [-0.3, -0.25) is 4.79 Å². The Morgan fingerprint density at radius 1 is 1.17 bits per heavy atom. The van der Waals surface area contributed by atoms with Crippen molar-refractivity contribution in [2.75, 3.05) is 0 Å². The fraction of sp³-hybridized carbons (Fsp3) is 0.938. The van der Waals surface area contributed by atoms with Crippen LogP contribution < -0.4 is 0 Å². The van der Waals surface area contributed by atoms with Crippen molar-refractivity contribution in [2.24, 2.45) is 28.1 Å². The van der Waals surface area contributed by atoms with Crippen LogP contribution in [0.4, 0.5) is 0 Å². The molecule has 0 saturated heterocycles. The van der Waals surface area contributed by atoms with Crippen LogP contribution in [0.2, 0.25) is 0 Å². The van der Waals surface area contributed by atoms with E-state index in [1.807, 2.05) is 0 Å². The maximum atomic E-state index is 11.3. The molecule has 0 heterocycles. The van der Waals surface area contributed by atoms with Gasteiger partial charge in [-0.1, -0.05) is 20.8 Å². The number of fused-ring (bicyclic) bond motifs is 2. The number of carboxylic acids is 1. The second-order valence-corrected chi connectivity index (χ2v) is 8.51. The van der Waals surface area contributed by atoms with Crippen LogP contribution in [-0.2, 0) is 4.79 Å². The Balaban J connectivity index is 1.99. The molecule has 2 heteroatoms. The van der Waals surface area contributed by atoms with Gasteiger partial charge in [-0.05, 0) is 66.6 Å². The maximum Gasteiger partial charge on any atom is 0.303 e. The summed E-state index contributed by atoms with van der Waals surface area (Å²) in [7, 11) is 0. The predicted molar refractivity (Wildman–Crippen MR) is 71.3 cm³/mol. The van der Waals surface area contributed by atoms with Crippen molar-refractivity contribution < 1.29 is 9.90 Å². The third kappa shape index (κ3) is 1.80. The fourth-order valence-electron chi connectivity index (χ4n) is 6.52. The highest BCUT2D eigenvalue weighted by Crippen LogP contribution is 2.70. The third-order valence-corrected chi connectivity index (χ3v) is 6.16. The normalized spacial score (nSPS) is 54.4. The first kappa shape index (κ1) is 12.5. The monoisotopic (exact) mass is 250 g/mol. The molecular weight excluding hydrogens is 224 g/mol. The molecule has 3 fully saturated rings. The van der Waals surface area contributed by atoms with Crippen LogP contribution >= 0.6 is 0 Å². The van der Waals surface area contributed by atoms with E-state index in [9.17, 15) is 9.90 Å². The molecule has 0 aromatic carbocycles. The lowest BCUT2D eigenvalue weighted by Gasteiger charge is -2.45. The highest BCUT2D eigenvalue weighted by atomic mass is 16.4. The summed E-state index contributed by atoms with van der Waals surface area (Å²) >= 11 is 0. The number of aliphatic carboxylic acids is 1. The van der Waals surface area contributed by atoms with E-state index in [1.54, 1.807) is 0 Å². The molecule has 0 radical (unpaired) electrons. The van der Waals surface area contributed by atoms with E-state index in [4.69, 9.17) is 0 Å². The lowest BCUT2D eigenvalue weighted by molar-refractivity contribution is -0.141. The molecule has 0 spiro atoms. The Kier molecular flexibility index (Phi) is 2.44. The number of carbonyl (C=O) groups is 1. The van der Waals surface area contributed by atoms with Gasteiger partial charge in [-0.2, -0.15) is 0 Å². The summed E-state index contributed by atoms with van der Waals surface area (Å²) in [5, 5.41) is 9.30. The molecule has 5 atom stereocenters. The van der Waals surface area contributed by atoms with E-state index in [1.165, 1.54) is 25.7 Å². The molecule has 0 aromatic heterocycles. The van der Waals surface area contributed by atoms with Crippen LogP contribution in [0.1, 0.15) is 65.7 Å². The van der Waals surface area contributed by atoms with Gasteiger partial charge in [0.05, 0.1) is 6.42 Å². The molecule has 3 rings (SSSR count). The van der Waals surface area contributed by atoms with Gasteiger partial charge in [-0.15, -0.1) is 0 Å². The Bertz CT molecular complexity index is 391. The molecule has 0 aromatic rings. The SMILES string of the molecule is CC1CC2(CC(=O)O)CC3CC(C)(C2)CC3(C)C1. The lowest BCUT2D eigenvalue weighted by atomic mass is 9.59. The van der Waals surface area contributed by atoms with Crippen molar-refractivity contribution in [3.05, 3.63) is 0 Å². The average Bonchev–Trinajstić information content (AvgIpc) is 2.23. The van der Waals surface area contributed by atoms with Gasteiger partial charge in [0.2, 0.25) is 0 Å². The Labute approximate surface area is 110 Å². The Hall–Kier alpha value is -0.530. The minimum absolute atomic E-state index is 0.108. The van der Waals surface area contributed by atoms with E-state index in [0.29, 0.717) is 23.2 Å². The van der Waals surface area contributed by atoms with Gasteiger partial charge in [0.25, 0.3) is 0 Å². The lowest BCUT2D eigenvalue weighted by Crippen LogP contribution is -2.36. The number of carboxylic acid groups (broad SMARTS) is 1. The topological polar surface area (TPSA) is 37.3 Å². The number of hydrogen-bond acceptors (Lipinski definition) is 1. The minimum atomic E-state index is -0.587. The Morgan fingerprint density at radius 2 is 1.89 bits per heavy atom. The fourth-order valence-corrected chi connectivity index (χ4v) is 6.52. The van der Waals surface area contributed by atoms with Crippen molar-refractivity contribution in [1.82, 2.24) is 0 Å². The van der Waals surface area contributed by atoms with Crippen molar-refractivity contribution in [2.45, 2.75) is 65.7 Å². The quantitative estimate of drug-likeness (QED) is 0.801. The van der Waals surface area contributed by atoms with Gasteiger partial charge in [-0.25, -0.2) is 0 Å². The first-order chi connectivity index (χ1) is 8.24. The largest absolute Gasteiger partial charge is 0.481 e. The first-order valence-electron chi connectivity index (χ1n) is 7.46. The van der Waals surface area contributed by atoms with Gasteiger partial charge in [0, 0.05) is 0 Å². The van der Waals surface area contributed by atoms with Crippen LogP contribution in [0.3, 0.4) is 0 Å². The Morgan fingerprint density at radius 3 is 2.56 bits per heavy atom. The molecular formula is C16H26O2. The van der Waals surface area contributed by atoms with Gasteiger partial charge in [0.1, 0.15) is 0 Å². The van der Waals surface area contributed by atoms with E-state index in [2.05, 4.69) is 20.8 Å². The number of hydrogen-bond donors (Lipinski definition) is 1. The van der Waals surface area contributed by atoms with Crippen molar-refractivity contribution >= 4 is 5.97 Å². The highest BCUT2D eigenvalue weighted by molar-refractivity contribution is 5.67. The molecule has 5 unspecified atom stereocenters. The summed E-state index contributed by atoms with van der Waals surface area (Å²) < 4.78 is 0. The van der Waals surface area contributed by atoms with E-state index in [0.717, 1.165) is 18.8 Å². The summed E-state index contributed by atoms with van der Waals surface area (Å²) in [6, 6.07) is 0. The van der Waals surface area contributed by atoms with Gasteiger partial charge in [0.15, 0.2) is 0 Å². The zero-order chi connectivity index (χ0) is 13.2. The van der Waals surface area contributed by atoms with Crippen LogP contribution in [0, 0.1) is 28.1 Å². The molecule has 0 amide bonds. The smallest absolute Gasteiger partial charge is 0.303 e. The summed E-state index contributed by atoms with van der Waals surface area (Å²) in [6.45, 7) is 7.23. The van der Waals surface area contributed by atoms with Crippen LogP contribution in [0.25, 0.3) is 0 Å². The van der Waals surface area contributed by atoms with Crippen LogP contribution in [0.5, 0.6) is 0 Å². The molecule has 0 aliphatic heterocycles. The zero-order valence-electron chi connectivity index (χ0n) is 12.0. The van der Waals surface area contributed by atoms with Crippen molar-refractivity contribution in [3.63, 3.8) is 0 Å². The minimum Gasteiger partial charge on any atom is -0.481 e. The average molecular weight is 250 g/mol. The van der Waals surface area contributed by atoms with Crippen molar-refractivity contribution in [3.8, 4) is 0 Å². The second-order valence-electron chi connectivity index (χ2n) is 8.51. The summed E-state index contributed by atoms with van der Waals surface area (Å²) in [6.07, 6.45) is 7.86. The molecule has 3 saturated carbocycles. The molecule has 1 N–H and O–H groups in total. The number of rotatable bonds is 2. The van der Waals surface area contributed by atoms with E-state index in [-0.39, 0.29) is 5.41 Å². The molecule has 102 valence electrons. The summed E-state index contributed by atoms with van der Waals surface area (Å²) in [4.78, 5) is 11.3. The van der Waals surface area contributed by atoms with Crippen LogP contribution in [0.15, 0.2) is 0 Å². The summed E-state index contributed by atoms with van der Waals surface area (Å²) in [5.74, 6) is 0.887. The maximum absolute atomic E-state index is 11.3. The zero-order valence-corrected chi connectivity index (χ0v) is 12.0. The standard InChI is InChI=1S/C16H26O2/c1-11-4-15(3)9-14(2)6-12(15)7-16(5-11,10-14)8-13(17)18/h11-12H,4-10H2,1-3H3,(H,17,18). The van der Waals surface area contributed by atoms with E-state index >= 15 is 0 Å². The molecule has 2 nitrogen and oxygen atoms in total. The molecule has 3 aliphatic rings. The van der Waals surface area contributed by atoms with Crippen molar-refractivity contribution in [1.29, 1.82) is 0 Å². The van der Waals surface area contributed by atoms with E-state index < -0.39 is 5.97 Å². The molecule has 3 bridgehead atoms. The second kappa shape index (κ2) is 3.52. The highest BCUT2D eigenvalue weighted by Gasteiger charge is 2.60. The molecule has 3 aliphatic carbocycles. The predicted octanol–water partition coefficient (Wildman–Crippen LogP) is 4.09. The molecule has 18 heavy (non-hydrogen) atoms. The summed E-state index contributed by atoms with van der Waals surface area (Å²) in [5.41, 5.74) is 1.02. The van der Waals surface area contributed by atoms with Gasteiger partial charge < -0.3 is 5.11 Å². The van der Waals surface area contributed by atoms with Gasteiger partial charge >= 0.3 is 5.97 Å². The first-order valence-corrected chi connectivity index (χ1v) is 7.46. The third-order valence-electron chi connectivity index (χ3n) is 6.16. The van der Waals surface area contributed by atoms with Crippen LogP contribution in [-0.4, -0.2) is 11.1 Å².